The van der Waals surface area contributed by atoms with Crippen LogP contribution >= 0.6 is 0 Å². The maximum Gasteiger partial charge on any atom is 0.159 e. The zero-order chi connectivity index (χ0) is 21.5. The summed E-state index contributed by atoms with van der Waals surface area (Å²) in [5.74, 6) is 0.703. The Bertz CT molecular complexity index is 1300. The normalized spacial score (nSPS) is 13.7. The molecule has 1 aliphatic rings. The standard InChI is InChI=1S/C22H24N8O/c1-14-9-20(29(27-14)7-4-8-31-3)18-13-28(2)22(26-18)21-17-12-24-30(16-5-6-16)19(17)10-15(11-23)25-21/h9-10,12-13,16H,4-8H2,1-3H3. The Morgan fingerprint density at radius 2 is 2.10 bits per heavy atom. The van der Waals surface area contributed by atoms with Gasteiger partial charge in [-0.25, -0.2) is 9.97 Å². The van der Waals surface area contributed by atoms with E-state index in [1.54, 1.807) is 7.11 Å². The van der Waals surface area contributed by atoms with Crippen LogP contribution in [0.1, 0.15) is 36.7 Å². The molecule has 31 heavy (non-hydrogen) atoms. The second kappa shape index (κ2) is 7.63. The van der Waals surface area contributed by atoms with Gasteiger partial charge >= 0.3 is 0 Å². The van der Waals surface area contributed by atoms with Gasteiger partial charge in [0.1, 0.15) is 23.2 Å². The van der Waals surface area contributed by atoms with E-state index in [1.165, 1.54) is 0 Å². The van der Waals surface area contributed by atoms with Gasteiger partial charge in [0.15, 0.2) is 5.82 Å². The Balaban J connectivity index is 1.60. The number of pyridine rings is 1. The summed E-state index contributed by atoms with van der Waals surface area (Å²) in [5.41, 5.74) is 4.71. The van der Waals surface area contributed by atoms with Crippen LogP contribution < -0.4 is 0 Å². The number of imidazole rings is 1. The van der Waals surface area contributed by atoms with Gasteiger partial charge in [0, 0.05) is 45.0 Å². The highest BCUT2D eigenvalue weighted by molar-refractivity contribution is 5.92. The van der Waals surface area contributed by atoms with Crippen LogP contribution in [0.5, 0.6) is 0 Å². The van der Waals surface area contributed by atoms with Crippen molar-refractivity contribution in [2.45, 2.75) is 38.8 Å². The number of fused-ring (bicyclic) bond motifs is 1. The molecule has 0 atom stereocenters. The SMILES string of the molecule is COCCCn1nc(C)cc1-c1cn(C)c(-c2nc(C#N)cc3c2cnn3C2CC2)n1. The molecular formula is C22H24N8O. The van der Waals surface area contributed by atoms with Crippen LogP contribution in [-0.4, -0.2) is 47.8 Å². The summed E-state index contributed by atoms with van der Waals surface area (Å²) in [6, 6.07) is 6.47. The average molecular weight is 416 g/mol. The minimum atomic E-state index is 0.370. The van der Waals surface area contributed by atoms with E-state index in [1.807, 2.05) is 52.4 Å². The monoisotopic (exact) mass is 416 g/mol. The molecule has 9 nitrogen and oxygen atoms in total. The van der Waals surface area contributed by atoms with E-state index in [4.69, 9.17) is 9.72 Å². The van der Waals surface area contributed by atoms with Crippen molar-refractivity contribution in [2.75, 3.05) is 13.7 Å². The molecule has 4 aromatic heterocycles. The summed E-state index contributed by atoms with van der Waals surface area (Å²) in [6.07, 6.45) is 6.93. The molecule has 0 radical (unpaired) electrons. The molecule has 4 aromatic rings. The molecule has 5 rings (SSSR count). The minimum Gasteiger partial charge on any atom is -0.385 e. The number of aromatic nitrogens is 7. The lowest BCUT2D eigenvalue weighted by atomic mass is 10.2. The molecule has 0 N–H and O–H groups in total. The first kappa shape index (κ1) is 19.5. The van der Waals surface area contributed by atoms with Crippen molar-refractivity contribution in [3.8, 4) is 29.0 Å². The fourth-order valence-electron chi connectivity index (χ4n) is 3.97. The number of hydrogen-bond acceptors (Lipinski definition) is 6. The number of methoxy groups -OCH3 is 1. The third-order valence-corrected chi connectivity index (χ3v) is 5.57. The number of nitriles is 1. The summed E-state index contributed by atoms with van der Waals surface area (Å²) in [4.78, 5) is 9.51. The maximum atomic E-state index is 9.55. The fraction of sp³-hybridized carbons (Fsp3) is 0.409. The van der Waals surface area contributed by atoms with Crippen molar-refractivity contribution in [3.05, 3.63) is 35.9 Å². The van der Waals surface area contributed by atoms with Gasteiger partial charge in [-0.15, -0.1) is 0 Å². The maximum absolute atomic E-state index is 9.55. The van der Waals surface area contributed by atoms with Crippen LogP contribution in [0.15, 0.2) is 24.5 Å². The second-order valence-corrected chi connectivity index (χ2v) is 8.02. The summed E-state index contributed by atoms with van der Waals surface area (Å²) >= 11 is 0. The van der Waals surface area contributed by atoms with Gasteiger partial charge in [-0.2, -0.15) is 15.5 Å². The van der Waals surface area contributed by atoms with E-state index < -0.39 is 0 Å². The van der Waals surface area contributed by atoms with Gasteiger partial charge in [0.05, 0.1) is 29.1 Å². The molecule has 0 unspecified atom stereocenters. The number of hydrogen-bond donors (Lipinski definition) is 0. The molecule has 1 saturated carbocycles. The molecule has 1 aliphatic carbocycles. The fourth-order valence-corrected chi connectivity index (χ4v) is 3.97. The quantitative estimate of drug-likeness (QED) is 0.429. The summed E-state index contributed by atoms with van der Waals surface area (Å²) in [7, 11) is 3.65. The molecule has 9 heteroatoms. The molecule has 1 fully saturated rings. The van der Waals surface area contributed by atoms with E-state index in [9.17, 15) is 5.26 Å². The number of ether oxygens (including phenoxy) is 1. The first-order chi connectivity index (χ1) is 15.1. The number of aryl methyl sites for hydroxylation is 3. The predicted octanol–water partition coefficient (Wildman–Crippen LogP) is 3.25. The van der Waals surface area contributed by atoms with Crippen molar-refractivity contribution < 1.29 is 4.74 Å². The van der Waals surface area contributed by atoms with Crippen molar-refractivity contribution in [1.29, 1.82) is 5.26 Å². The average Bonchev–Trinajstić information content (AvgIpc) is 3.23. The molecule has 0 saturated heterocycles. The van der Waals surface area contributed by atoms with Gasteiger partial charge in [0.2, 0.25) is 0 Å². The minimum absolute atomic E-state index is 0.370. The summed E-state index contributed by atoms with van der Waals surface area (Å²) < 4.78 is 11.1. The highest BCUT2D eigenvalue weighted by atomic mass is 16.5. The summed E-state index contributed by atoms with van der Waals surface area (Å²) in [5, 5.41) is 19.7. The van der Waals surface area contributed by atoms with E-state index in [-0.39, 0.29) is 0 Å². The van der Waals surface area contributed by atoms with Gasteiger partial charge in [-0.3, -0.25) is 9.36 Å². The van der Waals surface area contributed by atoms with E-state index in [0.717, 1.165) is 53.8 Å². The van der Waals surface area contributed by atoms with E-state index >= 15 is 0 Å². The predicted molar refractivity (Wildman–Crippen MR) is 115 cm³/mol. The van der Waals surface area contributed by atoms with Gasteiger partial charge in [-0.1, -0.05) is 0 Å². The van der Waals surface area contributed by atoms with Gasteiger partial charge < -0.3 is 9.30 Å². The molecule has 0 bridgehead atoms. The first-order valence-corrected chi connectivity index (χ1v) is 10.4. The van der Waals surface area contributed by atoms with Crippen molar-refractivity contribution in [3.63, 3.8) is 0 Å². The molecule has 0 aliphatic heterocycles. The van der Waals surface area contributed by atoms with Crippen LogP contribution in [0.3, 0.4) is 0 Å². The Morgan fingerprint density at radius 3 is 2.84 bits per heavy atom. The zero-order valence-corrected chi connectivity index (χ0v) is 17.9. The van der Waals surface area contributed by atoms with Gasteiger partial charge in [0.25, 0.3) is 0 Å². The van der Waals surface area contributed by atoms with Crippen LogP contribution in [0, 0.1) is 18.3 Å². The lowest BCUT2D eigenvalue weighted by Gasteiger charge is -2.05. The molecule has 4 heterocycles. The van der Waals surface area contributed by atoms with Crippen LogP contribution in [0.25, 0.3) is 33.8 Å². The van der Waals surface area contributed by atoms with Crippen molar-refractivity contribution in [2.24, 2.45) is 7.05 Å². The van der Waals surface area contributed by atoms with Gasteiger partial charge in [-0.05, 0) is 32.3 Å². The molecule has 0 aromatic carbocycles. The second-order valence-electron chi connectivity index (χ2n) is 8.02. The number of rotatable bonds is 7. The van der Waals surface area contributed by atoms with Crippen molar-refractivity contribution >= 4 is 10.9 Å². The highest BCUT2D eigenvalue weighted by Gasteiger charge is 2.27. The van der Waals surface area contributed by atoms with Crippen molar-refractivity contribution in [1.82, 2.24) is 34.1 Å². The third kappa shape index (κ3) is 3.49. The first-order valence-electron chi connectivity index (χ1n) is 10.4. The Hall–Kier alpha value is -3.51. The zero-order valence-electron chi connectivity index (χ0n) is 17.9. The van der Waals surface area contributed by atoms with Crippen LogP contribution in [0.2, 0.25) is 0 Å². The Morgan fingerprint density at radius 1 is 1.26 bits per heavy atom. The molecule has 158 valence electrons. The number of nitrogens with zero attached hydrogens (tertiary/aromatic N) is 8. The summed E-state index contributed by atoms with van der Waals surface area (Å²) in [6.45, 7) is 3.41. The molecule has 0 amide bonds. The molecular weight excluding hydrogens is 392 g/mol. The van der Waals surface area contributed by atoms with E-state index in [0.29, 0.717) is 29.9 Å². The smallest absolute Gasteiger partial charge is 0.159 e. The lowest BCUT2D eigenvalue weighted by molar-refractivity contribution is 0.189. The van der Waals surface area contributed by atoms with E-state index in [2.05, 4.69) is 21.3 Å². The lowest BCUT2D eigenvalue weighted by Crippen LogP contribution is -2.05. The highest BCUT2D eigenvalue weighted by Crippen LogP contribution is 2.38. The largest absolute Gasteiger partial charge is 0.385 e. The Kier molecular flexibility index (Phi) is 4.79. The topological polar surface area (TPSA) is 99.4 Å². The van der Waals surface area contributed by atoms with Crippen LogP contribution in [0.4, 0.5) is 0 Å². The molecule has 0 spiro atoms. The Labute approximate surface area is 179 Å². The van der Waals surface area contributed by atoms with Crippen LogP contribution in [-0.2, 0) is 18.3 Å². The third-order valence-electron chi connectivity index (χ3n) is 5.57.